The molecule has 5 nitrogen and oxygen atoms in total. The SMILES string of the molecule is CCn1ncc(C)c1-c1csc(C(=O)N[C@H](CN)Cc2ccccc2C(F)(F)F)c1. The van der Waals surface area contributed by atoms with Crippen LogP contribution in [0.4, 0.5) is 13.2 Å². The summed E-state index contributed by atoms with van der Waals surface area (Å²) < 4.78 is 41.6. The minimum Gasteiger partial charge on any atom is -0.347 e. The van der Waals surface area contributed by atoms with Crippen molar-refractivity contribution in [1.29, 1.82) is 0 Å². The maximum absolute atomic E-state index is 13.2. The number of nitrogens with one attached hydrogen (secondary N) is 1. The van der Waals surface area contributed by atoms with Crippen molar-refractivity contribution in [3.05, 3.63) is 63.5 Å². The first-order valence-corrected chi connectivity index (χ1v) is 10.4. The Morgan fingerprint density at radius 3 is 2.73 bits per heavy atom. The third-order valence-electron chi connectivity index (χ3n) is 4.83. The van der Waals surface area contributed by atoms with Gasteiger partial charge >= 0.3 is 6.18 Å². The zero-order valence-corrected chi connectivity index (χ0v) is 17.5. The summed E-state index contributed by atoms with van der Waals surface area (Å²) in [6.07, 6.45) is -2.68. The highest BCUT2D eigenvalue weighted by Crippen LogP contribution is 2.32. The Labute approximate surface area is 176 Å². The average Bonchev–Trinajstić information content (AvgIpc) is 3.33. The number of hydrogen-bond donors (Lipinski definition) is 2. The third kappa shape index (κ3) is 4.73. The van der Waals surface area contributed by atoms with Crippen molar-refractivity contribution in [3.63, 3.8) is 0 Å². The Kier molecular flexibility index (Phi) is 6.62. The molecule has 0 aliphatic heterocycles. The second-order valence-corrected chi connectivity index (χ2v) is 7.87. The summed E-state index contributed by atoms with van der Waals surface area (Å²) >= 11 is 1.28. The number of aryl methyl sites for hydroxylation is 2. The van der Waals surface area contributed by atoms with E-state index in [2.05, 4.69) is 10.4 Å². The molecule has 3 aromatic rings. The number of amides is 1. The number of nitrogens with two attached hydrogens (primary N) is 1. The summed E-state index contributed by atoms with van der Waals surface area (Å²) in [5, 5.41) is 8.96. The zero-order valence-electron chi connectivity index (χ0n) is 16.7. The van der Waals surface area contributed by atoms with Gasteiger partial charge in [-0.15, -0.1) is 11.3 Å². The quantitative estimate of drug-likeness (QED) is 0.581. The fraction of sp³-hybridized carbons (Fsp3) is 0.333. The highest BCUT2D eigenvalue weighted by Gasteiger charge is 2.33. The Hall–Kier alpha value is -2.65. The normalized spacial score (nSPS) is 12.7. The van der Waals surface area contributed by atoms with E-state index in [1.165, 1.54) is 23.5 Å². The van der Waals surface area contributed by atoms with Crippen LogP contribution in [0.2, 0.25) is 0 Å². The van der Waals surface area contributed by atoms with Crippen LogP contribution in [0.3, 0.4) is 0 Å². The Bertz CT molecular complexity index is 1030. The molecule has 0 unspecified atom stereocenters. The highest BCUT2D eigenvalue weighted by atomic mass is 32.1. The van der Waals surface area contributed by atoms with Gasteiger partial charge in [0.1, 0.15) is 0 Å². The second kappa shape index (κ2) is 9.01. The topological polar surface area (TPSA) is 72.9 Å². The molecule has 0 aliphatic rings. The van der Waals surface area contributed by atoms with Crippen LogP contribution in [-0.2, 0) is 19.1 Å². The molecule has 1 amide bonds. The van der Waals surface area contributed by atoms with Crippen molar-refractivity contribution in [2.45, 2.75) is 39.0 Å². The first kappa shape index (κ1) is 22.0. The number of hydrogen-bond acceptors (Lipinski definition) is 4. The van der Waals surface area contributed by atoms with Crippen LogP contribution < -0.4 is 11.1 Å². The summed E-state index contributed by atoms with van der Waals surface area (Å²) in [6, 6.07) is 6.50. The molecule has 0 saturated carbocycles. The van der Waals surface area contributed by atoms with Crippen LogP contribution in [0.1, 0.15) is 33.3 Å². The Balaban J connectivity index is 1.76. The summed E-state index contributed by atoms with van der Waals surface area (Å²) in [5.41, 5.74) is 7.97. The number of thiophene rings is 1. The van der Waals surface area contributed by atoms with Crippen molar-refractivity contribution in [2.24, 2.45) is 5.73 Å². The lowest BCUT2D eigenvalue weighted by molar-refractivity contribution is -0.138. The molecular weight excluding hydrogens is 413 g/mol. The zero-order chi connectivity index (χ0) is 21.9. The maximum atomic E-state index is 13.2. The fourth-order valence-electron chi connectivity index (χ4n) is 3.36. The van der Waals surface area contributed by atoms with Crippen molar-refractivity contribution < 1.29 is 18.0 Å². The Morgan fingerprint density at radius 1 is 1.33 bits per heavy atom. The lowest BCUT2D eigenvalue weighted by Gasteiger charge is -2.19. The molecule has 0 aliphatic carbocycles. The first-order chi connectivity index (χ1) is 14.2. The molecular formula is C21H23F3N4OS. The standard InChI is InChI=1S/C21H23F3N4OS/c1-3-28-19(13(2)11-26-28)15-9-18(30-12-15)20(29)27-16(10-25)8-14-6-4-5-7-17(14)21(22,23)24/h4-7,9,11-12,16H,3,8,10,25H2,1-2H3,(H,27,29)/t16-/m0/s1. The molecule has 3 N–H and O–H groups in total. The Morgan fingerprint density at radius 2 is 2.07 bits per heavy atom. The lowest BCUT2D eigenvalue weighted by Crippen LogP contribution is -2.41. The van der Waals surface area contributed by atoms with Crippen LogP contribution in [0, 0.1) is 6.92 Å². The molecule has 160 valence electrons. The number of carbonyl (C=O) groups excluding carboxylic acids is 1. The van der Waals surface area contributed by atoms with Crippen LogP contribution in [0.25, 0.3) is 11.3 Å². The number of halogens is 3. The van der Waals surface area contributed by atoms with Gasteiger partial charge in [-0.3, -0.25) is 9.48 Å². The lowest BCUT2D eigenvalue weighted by atomic mass is 9.99. The third-order valence-corrected chi connectivity index (χ3v) is 5.76. The van der Waals surface area contributed by atoms with E-state index in [9.17, 15) is 18.0 Å². The van der Waals surface area contributed by atoms with Crippen molar-refractivity contribution in [1.82, 2.24) is 15.1 Å². The number of rotatable bonds is 7. The molecule has 0 spiro atoms. The molecule has 0 fully saturated rings. The van der Waals surface area contributed by atoms with Gasteiger partial charge in [-0.1, -0.05) is 18.2 Å². The van der Waals surface area contributed by atoms with Crippen LogP contribution in [-0.4, -0.2) is 28.3 Å². The highest BCUT2D eigenvalue weighted by molar-refractivity contribution is 7.12. The van der Waals surface area contributed by atoms with E-state index in [0.717, 1.165) is 22.9 Å². The van der Waals surface area contributed by atoms with Crippen LogP contribution in [0.15, 0.2) is 41.9 Å². The molecule has 2 heterocycles. The molecule has 0 saturated heterocycles. The van der Waals surface area contributed by atoms with Gasteiger partial charge in [0.25, 0.3) is 5.91 Å². The average molecular weight is 437 g/mol. The number of aromatic nitrogens is 2. The van der Waals surface area contributed by atoms with E-state index in [1.54, 1.807) is 18.3 Å². The molecule has 9 heteroatoms. The second-order valence-electron chi connectivity index (χ2n) is 6.96. The van der Waals surface area contributed by atoms with Gasteiger partial charge in [-0.2, -0.15) is 18.3 Å². The fourth-order valence-corrected chi connectivity index (χ4v) is 4.16. The van der Waals surface area contributed by atoms with Crippen LogP contribution in [0.5, 0.6) is 0 Å². The molecule has 0 radical (unpaired) electrons. The van der Waals surface area contributed by atoms with Gasteiger partial charge in [0, 0.05) is 30.1 Å². The molecule has 30 heavy (non-hydrogen) atoms. The van der Waals surface area contributed by atoms with Crippen molar-refractivity contribution in [2.75, 3.05) is 6.54 Å². The predicted octanol–water partition coefficient (Wildman–Crippen LogP) is 4.26. The smallest absolute Gasteiger partial charge is 0.347 e. The molecule has 2 aromatic heterocycles. The monoisotopic (exact) mass is 436 g/mol. The van der Waals surface area contributed by atoms with E-state index < -0.39 is 17.8 Å². The molecule has 1 aromatic carbocycles. The van der Waals surface area contributed by atoms with E-state index in [0.29, 0.717) is 11.4 Å². The van der Waals surface area contributed by atoms with Gasteiger partial charge in [0.15, 0.2) is 0 Å². The van der Waals surface area contributed by atoms with Gasteiger partial charge in [-0.05, 0) is 43.5 Å². The van der Waals surface area contributed by atoms with Crippen LogP contribution >= 0.6 is 11.3 Å². The minimum absolute atomic E-state index is 0.00211. The summed E-state index contributed by atoms with van der Waals surface area (Å²) in [7, 11) is 0. The number of carbonyl (C=O) groups is 1. The largest absolute Gasteiger partial charge is 0.416 e. The molecule has 0 bridgehead atoms. The number of nitrogens with zero attached hydrogens (tertiary/aromatic N) is 2. The summed E-state index contributed by atoms with van der Waals surface area (Å²) in [5.74, 6) is -0.355. The van der Waals surface area contributed by atoms with Gasteiger partial charge in [0.05, 0.1) is 22.3 Å². The molecule has 3 rings (SSSR count). The van der Waals surface area contributed by atoms with E-state index in [1.807, 2.05) is 23.9 Å². The van der Waals surface area contributed by atoms with Crippen molar-refractivity contribution >= 4 is 17.2 Å². The number of alkyl halides is 3. The number of benzene rings is 1. The van der Waals surface area contributed by atoms with Gasteiger partial charge in [-0.25, -0.2) is 0 Å². The van der Waals surface area contributed by atoms with E-state index in [4.69, 9.17) is 5.73 Å². The van der Waals surface area contributed by atoms with Gasteiger partial charge in [0.2, 0.25) is 0 Å². The van der Waals surface area contributed by atoms with E-state index in [-0.39, 0.29) is 24.4 Å². The summed E-state index contributed by atoms with van der Waals surface area (Å²) in [6.45, 7) is 4.67. The molecule has 1 atom stereocenters. The first-order valence-electron chi connectivity index (χ1n) is 9.52. The van der Waals surface area contributed by atoms with E-state index >= 15 is 0 Å². The summed E-state index contributed by atoms with van der Waals surface area (Å²) in [4.78, 5) is 13.2. The maximum Gasteiger partial charge on any atom is 0.416 e. The van der Waals surface area contributed by atoms with Crippen molar-refractivity contribution in [3.8, 4) is 11.3 Å². The predicted molar refractivity (Wildman–Crippen MR) is 111 cm³/mol. The minimum atomic E-state index is -4.46. The van der Waals surface area contributed by atoms with Gasteiger partial charge < -0.3 is 11.1 Å².